The predicted molar refractivity (Wildman–Crippen MR) is 133 cm³/mol. The zero-order valence-corrected chi connectivity index (χ0v) is 19.7. The fourth-order valence-electron chi connectivity index (χ4n) is 5.08. The monoisotopic (exact) mass is 459 g/mol. The van der Waals surface area contributed by atoms with Gasteiger partial charge in [0.2, 0.25) is 0 Å². The van der Waals surface area contributed by atoms with E-state index in [0.717, 1.165) is 76.5 Å². The maximum atomic E-state index is 13.3. The molecular formula is C28H33N3O3. The minimum absolute atomic E-state index is 0.0966. The van der Waals surface area contributed by atoms with Crippen molar-refractivity contribution in [3.05, 3.63) is 71.9 Å². The van der Waals surface area contributed by atoms with E-state index in [1.54, 1.807) is 0 Å². The Bertz CT molecular complexity index is 1110. The first-order valence-electron chi connectivity index (χ1n) is 12.4. The van der Waals surface area contributed by atoms with E-state index in [0.29, 0.717) is 18.1 Å². The van der Waals surface area contributed by atoms with Crippen LogP contribution in [-0.2, 0) is 11.2 Å². The first-order chi connectivity index (χ1) is 16.8. The van der Waals surface area contributed by atoms with Crippen LogP contribution >= 0.6 is 0 Å². The standard InChI is InChI=1S/C28H33N3O3/c32-28(25-8-2-10-26(20-25)34-18-15-30-13-16-33-17-14-30)31-12-4-5-22(21-31)19-24-7-1-6-23-9-3-11-29-27(23)24/h1-3,6-11,20,22H,4-5,12-19,21H2/t22-/m1/s1. The highest BCUT2D eigenvalue weighted by Crippen LogP contribution is 2.26. The number of hydrogen-bond donors (Lipinski definition) is 0. The second kappa shape index (κ2) is 11.0. The van der Waals surface area contributed by atoms with Gasteiger partial charge in [-0.15, -0.1) is 0 Å². The summed E-state index contributed by atoms with van der Waals surface area (Å²) in [7, 11) is 0. The van der Waals surface area contributed by atoms with Crippen molar-refractivity contribution in [2.75, 3.05) is 52.5 Å². The number of hydrogen-bond acceptors (Lipinski definition) is 5. The molecule has 1 aromatic heterocycles. The summed E-state index contributed by atoms with van der Waals surface area (Å²) in [4.78, 5) is 22.3. The van der Waals surface area contributed by atoms with Gasteiger partial charge in [0.05, 0.1) is 18.7 Å². The number of pyridine rings is 1. The van der Waals surface area contributed by atoms with E-state index in [1.807, 2.05) is 41.4 Å². The molecule has 178 valence electrons. The molecule has 0 saturated carbocycles. The third-order valence-corrected chi connectivity index (χ3v) is 6.89. The number of amides is 1. The molecule has 2 aromatic carbocycles. The molecule has 3 aromatic rings. The van der Waals surface area contributed by atoms with Crippen LogP contribution in [0.4, 0.5) is 0 Å². The summed E-state index contributed by atoms with van der Waals surface area (Å²) in [6.07, 6.45) is 4.98. The van der Waals surface area contributed by atoms with Crippen LogP contribution in [0.5, 0.6) is 5.75 Å². The molecule has 2 saturated heterocycles. The van der Waals surface area contributed by atoms with Gasteiger partial charge < -0.3 is 14.4 Å². The van der Waals surface area contributed by atoms with Gasteiger partial charge in [0.25, 0.3) is 5.91 Å². The van der Waals surface area contributed by atoms with E-state index in [9.17, 15) is 4.79 Å². The Balaban J connectivity index is 1.19. The molecule has 0 radical (unpaired) electrons. The van der Waals surface area contributed by atoms with E-state index in [4.69, 9.17) is 9.47 Å². The van der Waals surface area contributed by atoms with E-state index in [-0.39, 0.29) is 5.91 Å². The molecule has 0 bridgehead atoms. The van der Waals surface area contributed by atoms with Gasteiger partial charge in [-0.25, -0.2) is 0 Å². The van der Waals surface area contributed by atoms with Gasteiger partial charge in [0, 0.05) is 49.9 Å². The molecule has 1 atom stereocenters. The number of rotatable bonds is 7. The normalized spacial score (nSPS) is 19.3. The summed E-state index contributed by atoms with van der Waals surface area (Å²) in [5, 5.41) is 1.18. The minimum Gasteiger partial charge on any atom is -0.492 e. The van der Waals surface area contributed by atoms with Gasteiger partial charge >= 0.3 is 0 Å². The number of aromatic nitrogens is 1. The lowest BCUT2D eigenvalue weighted by Gasteiger charge is -2.33. The van der Waals surface area contributed by atoms with E-state index in [2.05, 4.69) is 34.1 Å². The predicted octanol–water partition coefficient (Wildman–Crippen LogP) is 4.04. The Morgan fingerprint density at radius 3 is 2.82 bits per heavy atom. The summed E-state index contributed by atoms with van der Waals surface area (Å²) >= 11 is 0. The molecule has 0 N–H and O–H groups in total. The van der Waals surface area contributed by atoms with Crippen molar-refractivity contribution in [3.63, 3.8) is 0 Å². The highest BCUT2D eigenvalue weighted by molar-refractivity contribution is 5.94. The molecule has 0 unspecified atom stereocenters. The number of benzene rings is 2. The van der Waals surface area contributed by atoms with E-state index >= 15 is 0 Å². The number of fused-ring (bicyclic) bond motifs is 1. The number of carbonyl (C=O) groups excluding carboxylic acids is 1. The Hall–Kier alpha value is -2.96. The number of piperidine rings is 1. The quantitative estimate of drug-likeness (QED) is 0.534. The molecule has 6 nitrogen and oxygen atoms in total. The average molecular weight is 460 g/mol. The summed E-state index contributed by atoms with van der Waals surface area (Å²) < 4.78 is 11.4. The zero-order chi connectivity index (χ0) is 23.2. The van der Waals surface area contributed by atoms with Crippen molar-refractivity contribution in [2.45, 2.75) is 19.3 Å². The third-order valence-electron chi connectivity index (χ3n) is 6.89. The van der Waals surface area contributed by atoms with Crippen LogP contribution in [-0.4, -0.2) is 73.2 Å². The first-order valence-corrected chi connectivity index (χ1v) is 12.4. The van der Waals surface area contributed by atoms with Gasteiger partial charge in [-0.1, -0.05) is 30.3 Å². The van der Waals surface area contributed by atoms with Crippen LogP contribution in [0.2, 0.25) is 0 Å². The van der Waals surface area contributed by atoms with Gasteiger partial charge in [-0.05, 0) is 55.0 Å². The number of carbonyl (C=O) groups is 1. The van der Waals surface area contributed by atoms with Crippen molar-refractivity contribution in [2.24, 2.45) is 5.92 Å². The second-order valence-electron chi connectivity index (χ2n) is 9.29. The van der Waals surface area contributed by atoms with Crippen molar-refractivity contribution in [1.82, 2.24) is 14.8 Å². The summed E-state index contributed by atoms with van der Waals surface area (Å²) in [5.74, 6) is 1.30. The lowest BCUT2D eigenvalue weighted by Crippen LogP contribution is -2.40. The molecule has 2 fully saturated rings. The Morgan fingerprint density at radius 1 is 1.06 bits per heavy atom. The second-order valence-corrected chi connectivity index (χ2v) is 9.29. The number of nitrogens with zero attached hydrogens (tertiary/aromatic N) is 3. The molecule has 34 heavy (non-hydrogen) atoms. The molecule has 0 spiro atoms. The number of likely N-dealkylation sites (tertiary alicyclic amines) is 1. The topological polar surface area (TPSA) is 54.9 Å². The number of morpholine rings is 1. The Kier molecular flexibility index (Phi) is 7.37. The molecule has 2 aliphatic rings. The van der Waals surface area contributed by atoms with Crippen LogP contribution in [0.15, 0.2) is 60.8 Å². The van der Waals surface area contributed by atoms with Crippen molar-refractivity contribution in [1.29, 1.82) is 0 Å². The van der Waals surface area contributed by atoms with Crippen LogP contribution in [0.1, 0.15) is 28.8 Å². The first kappa shape index (κ1) is 22.8. The van der Waals surface area contributed by atoms with Crippen LogP contribution in [0.25, 0.3) is 10.9 Å². The molecule has 2 aliphatic heterocycles. The van der Waals surface area contributed by atoms with Gasteiger partial charge in [-0.2, -0.15) is 0 Å². The van der Waals surface area contributed by atoms with Gasteiger partial charge in [0.15, 0.2) is 0 Å². The van der Waals surface area contributed by atoms with Gasteiger partial charge in [0.1, 0.15) is 12.4 Å². The molecule has 6 heteroatoms. The SMILES string of the molecule is O=C(c1cccc(OCCN2CCOCC2)c1)N1CCC[C@H](Cc2cccc3cccnc23)C1. The number of para-hydroxylation sites is 1. The average Bonchev–Trinajstić information content (AvgIpc) is 2.89. The van der Waals surface area contributed by atoms with E-state index in [1.165, 1.54) is 10.9 Å². The molecular weight excluding hydrogens is 426 g/mol. The smallest absolute Gasteiger partial charge is 0.253 e. The maximum absolute atomic E-state index is 13.3. The van der Waals surface area contributed by atoms with E-state index < -0.39 is 0 Å². The minimum atomic E-state index is 0.0966. The van der Waals surface area contributed by atoms with Crippen LogP contribution in [0.3, 0.4) is 0 Å². The lowest BCUT2D eigenvalue weighted by atomic mass is 9.90. The largest absolute Gasteiger partial charge is 0.492 e. The zero-order valence-electron chi connectivity index (χ0n) is 19.7. The molecule has 1 amide bonds. The molecule has 5 rings (SSSR count). The van der Waals surface area contributed by atoms with Gasteiger partial charge in [-0.3, -0.25) is 14.7 Å². The highest BCUT2D eigenvalue weighted by atomic mass is 16.5. The number of ether oxygens (including phenoxy) is 2. The third kappa shape index (κ3) is 5.57. The van der Waals surface area contributed by atoms with Crippen molar-refractivity contribution >= 4 is 16.8 Å². The fourth-order valence-corrected chi connectivity index (χ4v) is 5.08. The maximum Gasteiger partial charge on any atom is 0.253 e. The van der Waals surface area contributed by atoms with Crippen molar-refractivity contribution in [3.8, 4) is 5.75 Å². The summed E-state index contributed by atoms with van der Waals surface area (Å²) in [5.41, 5.74) is 3.06. The molecule has 0 aliphatic carbocycles. The summed E-state index contributed by atoms with van der Waals surface area (Å²) in [6, 6.07) is 18.1. The fraction of sp³-hybridized carbons (Fsp3) is 0.429. The lowest BCUT2D eigenvalue weighted by molar-refractivity contribution is 0.0322. The van der Waals surface area contributed by atoms with Crippen LogP contribution < -0.4 is 4.74 Å². The van der Waals surface area contributed by atoms with Crippen LogP contribution in [0, 0.1) is 5.92 Å². The summed E-state index contributed by atoms with van der Waals surface area (Å²) in [6.45, 7) is 6.56. The Morgan fingerprint density at radius 2 is 1.91 bits per heavy atom. The molecule has 3 heterocycles. The van der Waals surface area contributed by atoms with Crippen molar-refractivity contribution < 1.29 is 14.3 Å². The highest BCUT2D eigenvalue weighted by Gasteiger charge is 2.25. The Labute approximate surface area is 201 Å².